The highest BCUT2D eigenvalue weighted by atomic mass is 15.2. The molecule has 2 rings (SSSR count). The molecule has 1 heterocycles. The van der Waals surface area contributed by atoms with Crippen molar-refractivity contribution >= 4 is 0 Å². The van der Waals surface area contributed by atoms with Crippen LogP contribution in [-0.2, 0) is 13.5 Å². The van der Waals surface area contributed by atoms with Crippen LogP contribution in [0.15, 0.2) is 12.4 Å². The van der Waals surface area contributed by atoms with Crippen molar-refractivity contribution in [3.05, 3.63) is 18.2 Å². The lowest BCUT2D eigenvalue weighted by Crippen LogP contribution is -2.33. The zero-order valence-corrected chi connectivity index (χ0v) is 9.39. The van der Waals surface area contributed by atoms with E-state index in [1.807, 2.05) is 19.4 Å². The zero-order valence-electron chi connectivity index (χ0n) is 9.39. The summed E-state index contributed by atoms with van der Waals surface area (Å²) >= 11 is 0. The maximum absolute atomic E-state index is 5.61. The Labute approximate surface area is 91.1 Å². The Kier molecular flexibility index (Phi) is 3.38. The third-order valence-corrected chi connectivity index (χ3v) is 3.02. The van der Waals surface area contributed by atoms with Crippen LogP contribution < -0.4 is 5.73 Å². The molecule has 1 fully saturated rings. The minimum Gasteiger partial charge on any atom is -0.338 e. The Morgan fingerprint density at radius 1 is 1.53 bits per heavy atom. The number of hydrogen-bond acceptors (Lipinski definition) is 3. The Morgan fingerprint density at radius 2 is 2.33 bits per heavy atom. The van der Waals surface area contributed by atoms with Crippen LogP contribution in [0.3, 0.4) is 0 Å². The summed E-state index contributed by atoms with van der Waals surface area (Å²) in [6, 6.07) is 0.800. The molecule has 4 nitrogen and oxygen atoms in total. The van der Waals surface area contributed by atoms with Crippen LogP contribution in [0.5, 0.6) is 0 Å². The Hall–Kier alpha value is -0.870. The van der Waals surface area contributed by atoms with E-state index in [0.29, 0.717) is 0 Å². The van der Waals surface area contributed by atoms with Crippen molar-refractivity contribution in [3.63, 3.8) is 0 Å². The molecule has 0 unspecified atom stereocenters. The van der Waals surface area contributed by atoms with E-state index < -0.39 is 0 Å². The Bertz CT molecular complexity index is 303. The van der Waals surface area contributed by atoms with Crippen molar-refractivity contribution in [3.8, 4) is 0 Å². The summed E-state index contributed by atoms with van der Waals surface area (Å²) < 4.78 is 2.09. The fourth-order valence-electron chi connectivity index (χ4n) is 1.96. The molecule has 1 aliphatic rings. The van der Waals surface area contributed by atoms with Crippen LogP contribution in [0, 0.1) is 0 Å². The number of imidazole rings is 1. The van der Waals surface area contributed by atoms with Gasteiger partial charge in [0.15, 0.2) is 0 Å². The van der Waals surface area contributed by atoms with E-state index in [0.717, 1.165) is 37.9 Å². The fraction of sp³-hybridized carbons (Fsp3) is 0.727. The molecule has 0 atom stereocenters. The van der Waals surface area contributed by atoms with Gasteiger partial charge in [0.1, 0.15) is 5.82 Å². The molecular weight excluding hydrogens is 188 g/mol. The minimum atomic E-state index is 0.761. The van der Waals surface area contributed by atoms with Gasteiger partial charge in [-0.2, -0.15) is 0 Å². The summed E-state index contributed by atoms with van der Waals surface area (Å²) in [6.07, 6.45) is 7.58. The van der Waals surface area contributed by atoms with E-state index in [2.05, 4.69) is 14.5 Å². The minimum absolute atomic E-state index is 0.761. The average molecular weight is 208 g/mol. The number of nitrogens with zero attached hydrogens (tertiary/aromatic N) is 3. The number of aryl methyl sites for hydroxylation is 1. The van der Waals surface area contributed by atoms with Gasteiger partial charge < -0.3 is 10.3 Å². The molecule has 1 aromatic heterocycles. The predicted molar refractivity (Wildman–Crippen MR) is 60.6 cm³/mol. The lowest BCUT2D eigenvalue weighted by atomic mass is 10.3. The first-order valence-corrected chi connectivity index (χ1v) is 5.71. The molecule has 1 aliphatic carbocycles. The van der Waals surface area contributed by atoms with E-state index in [1.165, 1.54) is 12.8 Å². The van der Waals surface area contributed by atoms with Gasteiger partial charge in [-0.05, 0) is 12.8 Å². The molecule has 1 aromatic rings. The summed E-state index contributed by atoms with van der Waals surface area (Å²) in [6.45, 7) is 2.87. The maximum Gasteiger partial charge on any atom is 0.109 e. The largest absolute Gasteiger partial charge is 0.338 e. The third-order valence-electron chi connectivity index (χ3n) is 3.02. The normalized spacial score (nSPS) is 16.2. The zero-order chi connectivity index (χ0) is 10.7. The van der Waals surface area contributed by atoms with Crippen LogP contribution in [0.1, 0.15) is 18.7 Å². The molecule has 0 saturated heterocycles. The molecule has 0 radical (unpaired) electrons. The molecule has 0 spiro atoms. The quantitative estimate of drug-likeness (QED) is 0.735. The SMILES string of the molecule is Cn1ccnc1CCN(CCN)C1CC1. The van der Waals surface area contributed by atoms with Gasteiger partial charge in [0.05, 0.1) is 0 Å². The Morgan fingerprint density at radius 3 is 2.87 bits per heavy atom. The first-order chi connectivity index (χ1) is 7.31. The highest BCUT2D eigenvalue weighted by Gasteiger charge is 2.27. The summed E-state index contributed by atoms with van der Waals surface area (Å²) in [5, 5.41) is 0. The smallest absolute Gasteiger partial charge is 0.109 e. The van der Waals surface area contributed by atoms with Crippen LogP contribution in [0.4, 0.5) is 0 Å². The van der Waals surface area contributed by atoms with Gasteiger partial charge in [-0.3, -0.25) is 4.90 Å². The molecule has 2 N–H and O–H groups in total. The summed E-state index contributed by atoms with van der Waals surface area (Å²) in [7, 11) is 2.05. The van der Waals surface area contributed by atoms with E-state index in [9.17, 15) is 0 Å². The standard InChI is InChI=1S/C11H20N4/c1-14-9-6-13-11(14)4-7-15(8-5-12)10-2-3-10/h6,9-10H,2-5,7-8,12H2,1H3. The van der Waals surface area contributed by atoms with Gasteiger partial charge in [-0.1, -0.05) is 0 Å². The van der Waals surface area contributed by atoms with E-state index in [1.54, 1.807) is 0 Å². The van der Waals surface area contributed by atoms with Gasteiger partial charge >= 0.3 is 0 Å². The van der Waals surface area contributed by atoms with Gasteiger partial charge in [0.2, 0.25) is 0 Å². The van der Waals surface area contributed by atoms with Gasteiger partial charge in [-0.15, -0.1) is 0 Å². The van der Waals surface area contributed by atoms with Crippen molar-refractivity contribution in [1.82, 2.24) is 14.5 Å². The van der Waals surface area contributed by atoms with Crippen LogP contribution in [0.25, 0.3) is 0 Å². The molecule has 0 bridgehead atoms. The van der Waals surface area contributed by atoms with Crippen molar-refractivity contribution in [2.45, 2.75) is 25.3 Å². The number of rotatable bonds is 6. The first kappa shape index (κ1) is 10.6. The van der Waals surface area contributed by atoms with Crippen LogP contribution >= 0.6 is 0 Å². The Balaban J connectivity index is 1.82. The maximum atomic E-state index is 5.61. The second-order valence-corrected chi connectivity index (χ2v) is 4.26. The molecule has 4 heteroatoms. The van der Waals surface area contributed by atoms with Crippen LogP contribution in [0.2, 0.25) is 0 Å². The fourth-order valence-corrected chi connectivity index (χ4v) is 1.96. The van der Waals surface area contributed by atoms with Crippen molar-refractivity contribution in [2.75, 3.05) is 19.6 Å². The number of nitrogens with two attached hydrogens (primary N) is 1. The van der Waals surface area contributed by atoms with Crippen molar-refractivity contribution in [2.24, 2.45) is 12.8 Å². The second kappa shape index (κ2) is 4.77. The lowest BCUT2D eigenvalue weighted by molar-refractivity contribution is 0.272. The van der Waals surface area contributed by atoms with Gasteiger partial charge in [0, 0.05) is 51.5 Å². The molecule has 15 heavy (non-hydrogen) atoms. The predicted octanol–water partition coefficient (Wildman–Crippen LogP) is 0.386. The van der Waals surface area contributed by atoms with Gasteiger partial charge in [-0.25, -0.2) is 4.98 Å². The summed E-state index contributed by atoms with van der Waals surface area (Å²) in [5.74, 6) is 1.16. The number of aromatic nitrogens is 2. The average Bonchev–Trinajstić information content (AvgIpc) is 2.98. The van der Waals surface area contributed by atoms with Crippen molar-refractivity contribution < 1.29 is 0 Å². The molecule has 0 aromatic carbocycles. The van der Waals surface area contributed by atoms with E-state index in [4.69, 9.17) is 5.73 Å². The summed E-state index contributed by atoms with van der Waals surface area (Å²) in [5.41, 5.74) is 5.61. The monoisotopic (exact) mass is 208 g/mol. The van der Waals surface area contributed by atoms with Crippen LogP contribution in [-0.4, -0.2) is 40.1 Å². The van der Waals surface area contributed by atoms with Crippen molar-refractivity contribution in [1.29, 1.82) is 0 Å². The highest BCUT2D eigenvalue weighted by molar-refractivity contribution is 4.93. The molecule has 0 amide bonds. The van der Waals surface area contributed by atoms with E-state index in [-0.39, 0.29) is 0 Å². The second-order valence-electron chi connectivity index (χ2n) is 4.26. The summed E-state index contributed by atoms with van der Waals surface area (Å²) in [4.78, 5) is 6.83. The molecule has 0 aliphatic heterocycles. The van der Waals surface area contributed by atoms with Gasteiger partial charge in [0.25, 0.3) is 0 Å². The first-order valence-electron chi connectivity index (χ1n) is 5.71. The van der Waals surface area contributed by atoms with E-state index >= 15 is 0 Å². The third kappa shape index (κ3) is 2.79. The topological polar surface area (TPSA) is 47.1 Å². The lowest BCUT2D eigenvalue weighted by Gasteiger charge is -2.20. The number of hydrogen-bond donors (Lipinski definition) is 1. The molecular formula is C11H20N4. The molecule has 84 valence electrons. The highest BCUT2D eigenvalue weighted by Crippen LogP contribution is 2.26. The molecule has 1 saturated carbocycles.